The second-order valence-electron chi connectivity index (χ2n) is 10.5. The van der Waals surface area contributed by atoms with Crippen LogP contribution >= 0.6 is 11.3 Å². The van der Waals surface area contributed by atoms with E-state index in [1.165, 1.54) is 18.6 Å². The SMILES string of the molecule is C[C@@H]1CN([C@@H](C)CO)C(=O)c2cc(NS(=O)(=O)c3cccs3)ccc2O[C@@H]1CN(C)C(=O)NC1CCCCC1. The van der Waals surface area contributed by atoms with E-state index in [2.05, 4.69) is 10.0 Å². The summed E-state index contributed by atoms with van der Waals surface area (Å²) in [5.41, 5.74) is 0.415. The number of thiophene rings is 1. The maximum absolute atomic E-state index is 13.6. The van der Waals surface area contributed by atoms with E-state index in [0.717, 1.165) is 37.0 Å². The van der Waals surface area contributed by atoms with Gasteiger partial charge in [0.2, 0.25) is 0 Å². The van der Waals surface area contributed by atoms with E-state index in [1.54, 1.807) is 47.4 Å². The molecule has 10 nitrogen and oxygen atoms in total. The fourth-order valence-electron chi connectivity index (χ4n) is 5.01. The van der Waals surface area contributed by atoms with Gasteiger partial charge in [0.05, 0.1) is 24.8 Å². The molecule has 1 aromatic carbocycles. The van der Waals surface area contributed by atoms with Crippen molar-refractivity contribution in [3.8, 4) is 5.75 Å². The maximum atomic E-state index is 13.6. The Morgan fingerprint density at radius 1 is 1.26 bits per heavy atom. The fourth-order valence-corrected chi connectivity index (χ4v) is 7.05. The van der Waals surface area contributed by atoms with Crippen molar-refractivity contribution in [2.24, 2.45) is 5.92 Å². The number of anilines is 1. The number of likely N-dealkylation sites (N-methyl/N-ethyl adjacent to an activating group) is 1. The van der Waals surface area contributed by atoms with Gasteiger partial charge in [-0.25, -0.2) is 13.2 Å². The standard InChI is InChI=1S/C27H38N4O6S2/c1-18-15-31(19(2)17-32)26(33)22-14-21(29-39(35,36)25-10-7-13-38-25)11-12-23(22)37-24(18)16-30(3)27(34)28-20-8-5-4-6-9-20/h7,10-14,18-20,24,29,32H,4-6,8-9,15-17H2,1-3H3,(H,28,34)/t18-,19+,24-/m1/s1. The summed E-state index contributed by atoms with van der Waals surface area (Å²) >= 11 is 1.10. The molecule has 2 aliphatic rings. The minimum absolute atomic E-state index is 0.155. The number of carbonyl (C=O) groups is 2. The number of nitrogens with one attached hydrogen (secondary N) is 2. The molecule has 39 heavy (non-hydrogen) atoms. The van der Waals surface area contributed by atoms with Crippen molar-refractivity contribution in [3.63, 3.8) is 0 Å². The molecule has 2 aromatic rings. The molecule has 0 bridgehead atoms. The number of fused-ring (bicyclic) bond motifs is 1. The van der Waals surface area contributed by atoms with Gasteiger partial charge in [-0.05, 0) is 49.4 Å². The molecule has 3 atom stereocenters. The predicted octanol–water partition coefficient (Wildman–Crippen LogP) is 3.74. The lowest BCUT2D eigenvalue weighted by atomic mass is 9.96. The van der Waals surface area contributed by atoms with Crippen molar-refractivity contribution in [1.82, 2.24) is 15.1 Å². The van der Waals surface area contributed by atoms with E-state index >= 15 is 0 Å². The molecular weight excluding hydrogens is 540 g/mol. The number of hydrogen-bond acceptors (Lipinski definition) is 7. The molecule has 1 saturated carbocycles. The van der Waals surface area contributed by atoms with Crippen LogP contribution in [0.4, 0.5) is 10.5 Å². The Morgan fingerprint density at radius 2 is 2.00 bits per heavy atom. The second-order valence-corrected chi connectivity index (χ2v) is 13.4. The average Bonchev–Trinajstić information content (AvgIpc) is 3.47. The predicted molar refractivity (Wildman–Crippen MR) is 151 cm³/mol. The Bertz CT molecular complexity index is 1250. The number of carbonyl (C=O) groups excluding carboxylic acids is 2. The second kappa shape index (κ2) is 12.6. The van der Waals surface area contributed by atoms with E-state index < -0.39 is 22.2 Å². The Balaban J connectivity index is 1.58. The monoisotopic (exact) mass is 578 g/mol. The smallest absolute Gasteiger partial charge is 0.317 e. The highest BCUT2D eigenvalue weighted by Gasteiger charge is 2.34. The Labute approximate surface area is 234 Å². The number of amides is 3. The van der Waals surface area contributed by atoms with Crippen molar-refractivity contribution >= 4 is 39.0 Å². The molecule has 1 aliphatic carbocycles. The Morgan fingerprint density at radius 3 is 2.67 bits per heavy atom. The van der Waals surface area contributed by atoms with Gasteiger partial charge in [-0.1, -0.05) is 32.3 Å². The summed E-state index contributed by atoms with van der Waals surface area (Å²) in [7, 11) is -2.08. The van der Waals surface area contributed by atoms with Crippen LogP contribution in [-0.4, -0.2) is 80.2 Å². The molecule has 0 saturated heterocycles. The van der Waals surface area contributed by atoms with E-state index in [1.807, 2.05) is 6.92 Å². The molecule has 1 aliphatic heterocycles. The summed E-state index contributed by atoms with van der Waals surface area (Å²) in [4.78, 5) is 29.8. The number of hydrogen-bond donors (Lipinski definition) is 3. The van der Waals surface area contributed by atoms with Crippen LogP contribution in [0, 0.1) is 5.92 Å². The van der Waals surface area contributed by atoms with Gasteiger partial charge in [-0.15, -0.1) is 11.3 Å². The van der Waals surface area contributed by atoms with Crippen molar-refractivity contribution < 1.29 is 27.9 Å². The third kappa shape index (κ3) is 7.03. The van der Waals surface area contributed by atoms with Gasteiger partial charge in [0.15, 0.2) is 0 Å². The number of sulfonamides is 1. The van der Waals surface area contributed by atoms with E-state index in [0.29, 0.717) is 18.8 Å². The highest BCUT2D eigenvalue weighted by molar-refractivity contribution is 7.94. The first-order valence-electron chi connectivity index (χ1n) is 13.4. The minimum atomic E-state index is -3.81. The zero-order chi connectivity index (χ0) is 28.2. The summed E-state index contributed by atoms with van der Waals surface area (Å²) in [6.07, 6.45) is 4.96. The molecular formula is C27H38N4O6S2. The summed E-state index contributed by atoms with van der Waals surface area (Å²) in [6.45, 7) is 4.08. The molecule has 4 rings (SSSR count). The first-order chi connectivity index (χ1) is 18.6. The van der Waals surface area contributed by atoms with Gasteiger partial charge >= 0.3 is 6.03 Å². The lowest BCUT2D eigenvalue weighted by Crippen LogP contribution is -2.52. The summed E-state index contributed by atoms with van der Waals surface area (Å²) < 4.78 is 34.6. The average molecular weight is 579 g/mol. The van der Waals surface area contributed by atoms with Crippen molar-refractivity contribution in [2.45, 2.75) is 68.3 Å². The molecule has 0 spiro atoms. The van der Waals surface area contributed by atoms with Gasteiger partial charge in [0, 0.05) is 31.2 Å². The Kier molecular flexibility index (Phi) is 9.39. The van der Waals surface area contributed by atoms with Crippen LogP contribution in [-0.2, 0) is 10.0 Å². The molecule has 0 unspecified atom stereocenters. The van der Waals surface area contributed by atoms with Gasteiger partial charge in [0.25, 0.3) is 15.9 Å². The molecule has 0 radical (unpaired) electrons. The Hall–Kier alpha value is -2.83. The molecule has 1 fully saturated rings. The lowest BCUT2D eigenvalue weighted by molar-refractivity contribution is 0.0366. The third-order valence-corrected chi connectivity index (χ3v) is 10.2. The highest BCUT2D eigenvalue weighted by atomic mass is 32.2. The lowest BCUT2D eigenvalue weighted by Gasteiger charge is -2.38. The fraction of sp³-hybridized carbons (Fsp3) is 0.556. The molecule has 214 valence electrons. The van der Waals surface area contributed by atoms with Crippen molar-refractivity contribution in [2.75, 3.05) is 31.5 Å². The van der Waals surface area contributed by atoms with Gasteiger partial charge in [-0.3, -0.25) is 9.52 Å². The number of urea groups is 1. The quantitative estimate of drug-likeness (QED) is 0.438. The van der Waals surface area contributed by atoms with Crippen LogP contribution in [0.1, 0.15) is 56.3 Å². The summed E-state index contributed by atoms with van der Waals surface area (Å²) in [6, 6.07) is 7.31. The van der Waals surface area contributed by atoms with Crippen LogP contribution in [0.3, 0.4) is 0 Å². The van der Waals surface area contributed by atoms with E-state index in [-0.39, 0.29) is 46.0 Å². The van der Waals surface area contributed by atoms with Crippen molar-refractivity contribution in [3.05, 3.63) is 41.3 Å². The van der Waals surface area contributed by atoms with Gasteiger partial charge in [0.1, 0.15) is 16.1 Å². The highest BCUT2D eigenvalue weighted by Crippen LogP contribution is 2.32. The van der Waals surface area contributed by atoms with Crippen LogP contribution in [0.5, 0.6) is 5.75 Å². The number of benzene rings is 1. The van der Waals surface area contributed by atoms with Gasteiger partial charge < -0.3 is 25.0 Å². The van der Waals surface area contributed by atoms with Crippen LogP contribution in [0.15, 0.2) is 39.9 Å². The summed E-state index contributed by atoms with van der Waals surface area (Å²) in [5, 5.41) is 14.7. The first kappa shape index (κ1) is 29.2. The summed E-state index contributed by atoms with van der Waals surface area (Å²) in [5.74, 6) is -0.220. The topological polar surface area (TPSA) is 128 Å². The number of aliphatic hydroxyl groups excluding tert-OH is 1. The number of aliphatic hydroxyl groups is 1. The van der Waals surface area contributed by atoms with Crippen LogP contribution in [0.25, 0.3) is 0 Å². The largest absolute Gasteiger partial charge is 0.487 e. The zero-order valence-corrected chi connectivity index (χ0v) is 24.3. The molecule has 1 aromatic heterocycles. The first-order valence-corrected chi connectivity index (χ1v) is 15.8. The number of ether oxygens (including phenoxy) is 1. The maximum Gasteiger partial charge on any atom is 0.317 e. The third-order valence-electron chi connectivity index (χ3n) is 7.41. The normalized spacial score (nSPS) is 21.2. The molecule has 2 heterocycles. The van der Waals surface area contributed by atoms with E-state index in [9.17, 15) is 23.1 Å². The van der Waals surface area contributed by atoms with Crippen molar-refractivity contribution in [1.29, 1.82) is 0 Å². The molecule has 3 N–H and O–H groups in total. The molecule has 3 amide bonds. The number of nitrogens with zero attached hydrogens (tertiary/aromatic N) is 2. The van der Waals surface area contributed by atoms with E-state index in [4.69, 9.17) is 4.74 Å². The van der Waals surface area contributed by atoms with Gasteiger partial charge in [-0.2, -0.15) is 0 Å². The minimum Gasteiger partial charge on any atom is -0.487 e. The molecule has 12 heteroatoms. The number of rotatable bonds is 8. The van der Waals surface area contributed by atoms with Crippen LogP contribution in [0.2, 0.25) is 0 Å². The zero-order valence-electron chi connectivity index (χ0n) is 22.6. The van der Waals surface area contributed by atoms with Crippen LogP contribution < -0.4 is 14.8 Å².